The molecule has 0 aromatic heterocycles. The Balaban J connectivity index is 1.98. The van der Waals surface area contributed by atoms with Crippen LogP contribution in [0.4, 0.5) is 32.4 Å². The van der Waals surface area contributed by atoms with E-state index in [-0.39, 0.29) is 45.0 Å². The topological polar surface area (TPSA) is 97.3 Å². The summed E-state index contributed by atoms with van der Waals surface area (Å²) in [5.41, 5.74) is -0.0418. The van der Waals surface area contributed by atoms with Crippen LogP contribution in [0.1, 0.15) is 31.4 Å². The third-order valence-electron chi connectivity index (χ3n) is 5.70. The Kier molecular flexibility index (Phi) is 12.6. The van der Waals surface area contributed by atoms with Crippen molar-refractivity contribution in [2.24, 2.45) is 0 Å². The molecule has 40 heavy (non-hydrogen) atoms. The van der Waals surface area contributed by atoms with Crippen molar-refractivity contribution in [2.75, 3.05) is 44.8 Å². The molecule has 1 unspecified atom stereocenters. The number of halogens is 5. The average molecular weight is 577 g/mol. The van der Waals surface area contributed by atoms with Gasteiger partial charge in [0.05, 0.1) is 18.7 Å². The number of urea groups is 1. The molecule has 0 aliphatic heterocycles. The zero-order valence-corrected chi connectivity index (χ0v) is 22.2. The van der Waals surface area contributed by atoms with Crippen LogP contribution in [-0.2, 0) is 26.9 Å². The largest absolute Gasteiger partial charge is 0.492 e. The minimum Gasteiger partial charge on any atom is -0.492 e. The van der Waals surface area contributed by atoms with Gasteiger partial charge in [-0.1, -0.05) is 19.1 Å². The molecule has 2 aromatic rings. The van der Waals surface area contributed by atoms with E-state index in [1.54, 1.807) is 31.2 Å². The molecule has 1 atom stereocenters. The zero-order chi connectivity index (χ0) is 29.8. The lowest BCUT2D eigenvalue weighted by atomic mass is 10.1. The van der Waals surface area contributed by atoms with Crippen LogP contribution in [-0.4, -0.2) is 73.6 Å². The molecule has 2 aromatic carbocycles. The summed E-state index contributed by atoms with van der Waals surface area (Å²) in [5, 5.41) is 11.7. The first-order valence-electron chi connectivity index (χ1n) is 12.6. The molecule has 0 heterocycles. The van der Waals surface area contributed by atoms with E-state index in [9.17, 15) is 36.6 Å². The number of hydrogen-bond acceptors (Lipinski definition) is 5. The summed E-state index contributed by atoms with van der Waals surface area (Å²) in [6.07, 6.45) is -5.74. The van der Waals surface area contributed by atoms with Crippen molar-refractivity contribution in [3.05, 3.63) is 59.7 Å². The molecule has 2 amide bonds. The third kappa shape index (κ3) is 11.3. The summed E-state index contributed by atoms with van der Waals surface area (Å²) in [5.74, 6) is -3.64. The van der Waals surface area contributed by atoms with Crippen LogP contribution in [0, 0.1) is 0 Å². The van der Waals surface area contributed by atoms with E-state index >= 15 is 0 Å². The van der Waals surface area contributed by atoms with Crippen molar-refractivity contribution in [3.8, 4) is 5.75 Å². The average Bonchev–Trinajstić information content (AvgIpc) is 2.90. The number of rotatable bonds is 16. The SMILES string of the molecule is CCOC(Cc1ccc(OCCN(CCOCC(F)(F)CC)C(=O)Nc2ccc(C(F)(F)F)cc2)cc1)C(=O)O. The number of alkyl halides is 5. The number of nitrogens with zero attached hydrogens (tertiary/aromatic N) is 1. The molecule has 8 nitrogen and oxygen atoms in total. The number of carbonyl (C=O) groups is 2. The van der Waals surface area contributed by atoms with E-state index in [1.165, 1.54) is 11.8 Å². The minimum atomic E-state index is -4.52. The van der Waals surface area contributed by atoms with Crippen molar-refractivity contribution in [1.29, 1.82) is 0 Å². The van der Waals surface area contributed by atoms with E-state index in [2.05, 4.69) is 5.32 Å². The van der Waals surface area contributed by atoms with E-state index in [0.29, 0.717) is 11.3 Å². The lowest BCUT2D eigenvalue weighted by Gasteiger charge is -2.24. The minimum absolute atomic E-state index is 0.00158. The van der Waals surface area contributed by atoms with E-state index in [4.69, 9.17) is 14.2 Å². The van der Waals surface area contributed by atoms with Gasteiger partial charge in [0.1, 0.15) is 19.0 Å². The van der Waals surface area contributed by atoms with Crippen LogP contribution in [0.3, 0.4) is 0 Å². The van der Waals surface area contributed by atoms with Crippen molar-refractivity contribution < 1.29 is 50.9 Å². The fourth-order valence-electron chi connectivity index (χ4n) is 3.39. The standard InChI is InChI=1S/C27H33F5N2O6/c1-3-26(28,29)18-38-15-13-34(25(37)33-21-9-7-20(8-10-21)27(30,31)32)14-16-40-22-11-5-19(6-12-22)17-23(24(35)36)39-4-2/h5-12,23H,3-4,13-18H2,1-2H3,(H,33,37)(H,35,36). The second kappa shape index (κ2) is 15.4. The van der Waals surface area contributed by atoms with Crippen molar-refractivity contribution in [1.82, 2.24) is 4.90 Å². The van der Waals surface area contributed by atoms with E-state index in [1.807, 2.05) is 0 Å². The number of nitrogens with one attached hydrogen (secondary N) is 1. The fraction of sp³-hybridized carbons (Fsp3) is 0.481. The van der Waals surface area contributed by atoms with Crippen molar-refractivity contribution in [3.63, 3.8) is 0 Å². The number of carboxylic acid groups (broad SMARTS) is 1. The van der Waals surface area contributed by atoms with Gasteiger partial charge >= 0.3 is 18.2 Å². The molecule has 2 rings (SSSR count). The third-order valence-corrected chi connectivity index (χ3v) is 5.70. The summed E-state index contributed by atoms with van der Waals surface area (Å²) < 4.78 is 81.2. The van der Waals surface area contributed by atoms with Gasteiger partial charge in [-0.25, -0.2) is 18.4 Å². The molecule has 0 radical (unpaired) electrons. The Labute approximate surface area is 229 Å². The van der Waals surface area contributed by atoms with E-state index < -0.39 is 48.8 Å². The summed E-state index contributed by atoms with van der Waals surface area (Å²) in [6, 6.07) is 9.81. The number of carbonyl (C=O) groups excluding carboxylic acids is 1. The van der Waals surface area contributed by atoms with Crippen LogP contribution in [0.2, 0.25) is 0 Å². The summed E-state index contributed by atoms with van der Waals surface area (Å²) >= 11 is 0. The molecule has 0 saturated heterocycles. The summed E-state index contributed by atoms with van der Waals surface area (Å²) in [7, 11) is 0. The Bertz CT molecular complexity index is 1060. The Morgan fingerprint density at radius 2 is 1.57 bits per heavy atom. The van der Waals surface area contributed by atoms with Gasteiger partial charge < -0.3 is 29.5 Å². The van der Waals surface area contributed by atoms with Crippen LogP contribution >= 0.6 is 0 Å². The number of hydrogen-bond donors (Lipinski definition) is 2. The number of anilines is 1. The first kappa shape index (κ1) is 32.8. The molecular formula is C27H33F5N2O6. The Morgan fingerprint density at radius 3 is 2.12 bits per heavy atom. The molecule has 0 aliphatic carbocycles. The number of amides is 2. The number of aliphatic carboxylic acids is 1. The van der Waals surface area contributed by atoms with Crippen molar-refractivity contribution >= 4 is 17.7 Å². The maximum atomic E-state index is 13.5. The first-order chi connectivity index (χ1) is 18.8. The van der Waals surface area contributed by atoms with Crippen LogP contribution in [0.25, 0.3) is 0 Å². The monoisotopic (exact) mass is 576 g/mol. The zero-order valence-electron chi connectivity index (χ0n) is 22.2. The van der Waals surface area contributed by atoms with Gasteiger partial charge in [-0.3, -0.25) is 0 Å². The summed E-state index contributed by atoms with van der Waals surface area (Å²) in [4.78, 5) is 25.3. The molecule has 0 saturated carbocycles. The molecule has 222 valence electrons. The maximum Gasteiger partial charge on any atom is 0.416 e. The molecular weight excluding hydrogens is 543 g/mol. The van der Waals surface area contributed by atoms with Gasteiger partial charge in [0.15, 0.2) is 6.10 Å². The van der Waals surface area contributed by atoms with Crippen LogP contribution < -0.4 is 10.1 Å². The Hall–Kier alpha value is -3.45. The van der Waals surface area contributed by atoms with Crippen LogP contribution in [0.5, 0.6) is 5.75 Å². The second-order valence-electron chi connectivity index (χ2n) is 8.73. The predicted octanol–water partition coefficient (Wildman–Crippen LogP) is 5.71. The highest BCUT2D eigenvalue weighted by atomic mass is 19.4. The first-order valence-corrected chi connectivity index (χ1v) is 12.6. The number of carboxylic acids is 1. The fourth-order valence-corrected chi connectivity index (χ4v) is 3.39. The normalized spacial score (nSPS) is 12.6. The number of ether oxygens (including phenoxy) is 3. The summed E-state index contributed by atoms with van der Waals surface area (Å²) in [6.45, 7) is 2.19. The number of benzene rings is 2. The quantitative estimate of drug-likeness (QED) is 0.196. The molecule has 0 fully saturated rings. The van der Waals surface area contributed by atoms with Crippen LogP contribution in [0.15, 0.2) is 48.5 Å². The molecule has 0 spiro atoms. The highest BCUT2D eigenvalue weighted by molar-refractivity contribution is 5.89. The van der Waals surface area contributed by atoms with Gasteiger partial charge in [-0.05, 0) is 48.9 Å². The van der Waals surface area contributed by atoms with Crippen molar-refractivity contribution in [2.45, 2.75) is 44.9 Å². The lowest BCUT2D eigenvalue weighted by molar-refractivity contribution is -0.150. The molecule has 0 aliphatic rings. The highest BCUT2D eigenvalue weighted by Crippen LogP contribution is 2.30. The molecule has 2 N–H and O–H groups in total. The van der Waals surface area contributed by atoms with Gasteiger partial charge in [0.2, 0.25) is 0 Å². The smallest absolute Gasteiger partial charge is 0.416 e. The predicted molar refractivity (Wildman–Crippen MR) is 137 cm³/mol. The maximum absolute atomic E-state index is 13.5. The molecule has 13 heteroatoms. The second-order valence-corrected chi connectivity index (χ2v) is 8.73. The van der Waals surface area contributed by atoms with Gasteiger partial charge in [-0.15, -0.1) is 0 Å². The Morgan fingerprint density at radius 1 is 0.950 bits per heavy atom. The highest BCUT2D eigenvalue weighted by Gasteiger charge is 2.30. The van der Waals surface area contributed by atoms with Gasteiger partial charge in [-0.2, -0.15) is 13.2 Å². The molecule has 0 bridgehead atoms. The van der Waals surface area contributed by atoms with Gasteiger partial charge in [0.25, 0.3) is 5.92 Å². The van der Waals surface area contributed by atoms with E-state index in [0.717, 1.165) is 24.3 Å². The van der Waals surface area contributed by atoms with Gasteiger partial charge in [0, 0.05) is 31.7 Å². The lowest BCUT2D eigenvalue weighted by Crippen LogP contribution is -2.40.